The molecule has 2 rings (SSSR count). The van der Waals surface area contributed by atoms with Crippen molar-refractivity contribution in [3.63, 3.8) is 0 Å². The Morgan fingerprint density at radius 2 is 2.25 bits per heavy atom. The van der Waals surface area contributed by atoms with Crippen LogP contribution in [0.25, 0.3) is 0 Å². The van der Waals surface area contributed by atoms with E-state index >= 15 is 0 Å². The van der Waals surface area contributed by atoms with Gasteiger partial charge in [0, 0.05) is 6.54 Å². The Balaban J connectivity index is 2.23. The van der Waals surface area contributed by atoms with E-state index in [2.05, 4.69) is 30.7 Å². The van der Waals surface area contributed by atoms with Crippen LogP contribution in [0.4, 0.5) is 0 Å². The lowest BCUT2D eigenvalue weighted by atomic mass is 9.68. The molecule has 3 nitrogen and oxygen atoms in total. The summed E-state index contributed by atoms with van der Waals surface area (Å²) in [7, 11) is 0. The molecule has 1 fully saturated rings. The summed E-state index contributed by atoms with van der Waals surface area (Å²) in [6, 6.07) is 0. The minimum absolute atomic E-state index is 0.248. The molecule has 2 N–H and O–H groups in total. The molecule has 0 radical (unpaired) electrons. The van der Waals surface area contributed by atoms with Crippen molar-refractivity contribution in [3.05, 3.63) is 0 Å². The van der Waals surface area contributed by atoms with Crippen LogP contribution in [-0.4, -0.2) is 29.5 Å². The van der Waals surface area contributed by atoms with Gasteiger partial charge in [0.1, 0.15) is 0 Å². The van der Waals surface area contributed by atoms with Gasteiger partial charge in [0.25, 0.3) is 0 Å². The minimum atomic E-state index is 0.248. The third kappa shape index (κ3) is 1.61. The van der Waals surface area contributed by atoms with E-state index in [0.717, 1.165) is 31.4 Å². The zero-order valence-corrected chi connectivity index (χ0v) is 10.9. The van der Waals surface area contributed by atoms with Crippen LogP contribution in [-0.2, 0) is 0 Å². The van der Waals surface area contributed by atoms with Gasteiger partial charge < -0.3 is 10.6 Å². The molecular weight excluding hydrogens is 198 g/mol. The van der Waals surface area contributed by atoms with Gasteiger partial charge in [0.05, 0.1) is 12.1 Å². The number of nitrogens with zero attached hydrogens (tertiary/aromatic N) is 2. The van der Waals surface area contributed by atoms with Crippen LogP contribution in [0.3, 0.4) is 0 Å². The van der Waals surface area contributed by atoms with Crippen molar-refractivity contribution < 1.29 is 0 Å². The van der Waals surface area contributed by atoms with Gasteiger partial charge in [-0.1, -0.05) is 33.6 Å². The molecule has 2 aliphatic rings. The van der Waals surface area contributed by atoms with E-state index in [0.29, 0.717) is 5.92 Å². The summed E-state index contributed by atoms with van der Waals surface area (Å²) in [5, 5.41) is 0. The van der Waals surface area contributed by atoms with Crippen LogP contribution in [0.5, 0.6) is 0 Å². The smallest absolute Gasteiger partial charge is 0.191 e. The molecule has 1 saturated carbocycles. The number of hydrogen-bond donors (Lipinski definition) is 1. The predicted octanol–water partition coefficient (Wildman–Crippen LogP) is 2.22. The van der Waals surface area contributed by atoms with E-state index in [9.17, 15) is 0 Å². The first kappa shape index (κ1) is 11.7. The predicted molar refractivity (Wildman–Crippen MR) is 68.4 cm³/mol. The number of nitrogens with two attached hydrogens (primary N) is 1. The summed E-state index contributed by atoms with van der Waals surface area (Å²) in [6.45, 7) is 8.97. The van der Waals surface area contributed by atoms with E-state index in [1.54, 1.807) is 0 Å². The number of hydrogen-bond acceptors (Lipinski definition) is 3. The first-order valence-corrected chi connectivity index (χ1v) is 6.69. The monoisotopic (exact) mass is 223 g/mol. The molecule has 3 atom stereocenters. The van der Waals surface area contributed by atoms with Crippen molar-refractivity contribution in [1.82, 2.24) is 4.90 Å². The zero-order chi connectivity index (χ0) is 11.8. The maximum absolute atomic E-state index is 6.05. The quantitative estimate of drug-likeness (QED) is 0.780. The summed E-state index contributed by atoms with van der Waals surface area (Å²) in [5.74, 6) is 2.29. The fourth-order valence-corrected chi connectivity index (χ4v) is 3.52. The van der Waals surface area contributed by atoms with Crippen molar-refractivity contribution in [1.29, 1.82) is 0 Å². The molecule has 0 saturated heterocycles. The molecule has 16 heavy (non-hydrogen) atoms. The lowest BCUT2D eigenvalue weighted by Gasteiger charge is -2.49. The molecule has 0 aromatic carbocycles. The van der Waals surface area contributed by atoms with Crippen molar-refractivity contribution in [3.8, 4) is 0 Å². The Morgan fingerprint density at radius 3 is 2.94 bits per heavy atom. The third-order valence-corrected chi connectivity index (χ3v) is 4.75. The molecule has 1 aliphatic carbocycles. The first-order valence-electron chi connectivity index (χ1n) is 6.69. The molecule has 0 aromatic rings. The van der Waals surface area contributed by atoms with Gasteiger partial charge in [0.15, 0.2) is 5.96 Å². The summed E-state index contributed by atoms with van der Waals surface area (Å²) in [4.78, 5) is 6.91. The molecule has 1 aliphatic heterocycles. The molecular formula is C13H25N3. The number of rotatable bonds is 2. The summed E-state index contributed by atoms with van der Waals surface area (Å²) in [6.07, 6.45) is 5.11. The van der Waals surface area contributed by atoms with Crippen LogP contribution in [0.15, 0.2) is 4.99 Å². The minimum Gasteiger partial charge on any atom is -0.370 e. The molecule has 3 heteroatoms. The Labute approximate surface area is 99.1 Å². The fourth-order valence-electron chi connectivity index (χ4n) is 3.52. The topological polar surface area (TPSA) is 41.6 Å². The molecule has 3 unspecified atom stereocenters. The molecule has 0 amide bonds. The second-order valence-corrected chi connectivity index (χ2v) is 5.59. The van der Waals surface area contributed by atoms with E-state index in [-0.39, 0.29) is 5.54 Å². The van der Waals surface area contributed by atoms with Crippen molar-refractivity contribution in [2.75, 3.05) is 13.1 Å². The highest BCUT2D eigenvalue weighted by Crippen LogP contribution is 2.43. The lowest BCUT2D eigenvalue weighted by Crippen LogP contribution is -2.58. The van der Waals surface area contributed by atoms with Crippen LogP contribution in [0.2, 0.25) is 0 Å². The highest BCUT2D eigenvalue weighted by atomic mass is 15.4. The first-order chi connectivity index (χ1) is 7.62. The standard InChI is InChI=1S/C13H25N3/c1-4-8-16-12(14)15-9-13(16)7-5-6-10(2)11(13)3/h10-11H,4-9H2,1-3H3,(H2,14,15). The summed E-state index contributed by atoms with van der Waals surface area (Å²) >= 11 is 0. The molecule has 92 valence electrons. The summed E-state index contributed by atoms with van der Waals surface area (Å²) in [5.41, 5.74) is 6.30. The Kier molecular flexibility index (Phi) is 3.13. The van der Waals surface area contributed by atoms with Gasteiger partial charge in [-0.25, -0.2) is 0 Å². The lowest BCUT2D eigenvalue weighted by molar-refractivity contribution is 0.0481. The van der Waals surface area contributed by atoms with Gasteiger partial charge in [0.2, 0.25) is 0 Å². The second kappa shape index (κ2) is 4.27. The van der Waals surface area contributed by atoms with E-state index < -0.39 is 0 Å². The third-order valence-electron chi connectivity index (χ3n) is 4.75. The molecule has 0 aromatic heterocycles. The highest BCUT2D eigenvalue weighted by molar-refractivity contribution is 5.81. The van der Waals surface area contributed by atoms with E-state index in [1.807, 2.05) is 0 Å². The molecule has 1 spiro atoms. The normalized spacial score (nSPS) is 39.2. The van der Waals surface area contributed by atoms with Gasteiger partial charge in [-0.2, -0.15) is 0 Å². The molecule has 0 bridgehead atoms. The van der Waals surface area contributed by atoms with Crippen LogP contribution < -0.4 is 5.73 Å². The zero-order valence-electron chi connectivity index (χ0n) is 10.9. The Morgan fingerprint density at radius 1 is 1.50 bits per heavy atom. The van der Waals surface area contributed by atoms with Crippen molar-refractivity contribution in [2.24, 2.45) is 22.6 Å². The van der Waals surface area contributed by atoms with E-state index in [4.69, 9.17) is 5.73 Å². The van der Waals surface area contributed by atoms with Gasteiger partial charge in [-0.3, -0.25) is 4.99 Å². The van der Waals surface area contributed by atoms with Crippen molar-refractivity contribution >= 4 is 5.96 Å². The summed E-state index contributed by atoms with van der Waals surface area (Å²) < 4.78 is 0. The van der Waals surface area contributed by atoms with Crippen molar-refractivity contribution in [2.45, 2.75) is 52.0 Å². The number of aliphatic imine (C=N–C) groups is 1. The maximum atomic E-state index is 6.05. The largest absolute Gasteiger partial charge is 0.370 e. The average molecular weight is 223 g/mol. The highest BCUT2D eigenvalue weighted by Gasteiger charge is 2.49. The second-order valence-electron chi connectivity index (χ2n) is 5.59. The Hall–Kier alpha value is -0.730. The van der Waals surface area contributed by atoms with Gasteiger partial charge >= 0.3 is 0 Å². The number of guanidine groups is 1. The fraction of sp³-hybridized carbons (Fsp3) is 0.923. The SMILES string of the molecule is CCCN1C(N)=NCC12CCCC(C)C2C. The Bertz CT molecular complexity index is 287. The van der Waals surface area contributed by atoms with E-state index in [1.165, 1.54) is 19.3 Å². The van der Waals surface area contributed by atoms with Gasteiger partial charge in [-0.15, -0.1) is 0 Å². The van der Waals surface area contributed by atoms with Crippen LogP contribution >= 0.6 is 0 Å². The molecule has 1 heterocycles. The van der Waals surface area contributed by atoms with Crippen LogP contribution in [0.1, 0.15) is 46.5 Å². The maximum Gasteiger partial charge on any atom is 0.191 e. The average Bonchev–Trinajstić information content (AvgIpc) is 2.56. The van der Waals surface area contributed by atoms with Gasteiger partial charge in [-0.05, 0) is 24.7 Å². The van der Waals surface area contributed by atoms with Crippen LogP contribution in [0, 0.1) is 11.8 Å².